The third-order valence-electron chi connectivity index (χ3n) is 4.45. The summed E-state index contributed by atoms with van der Waals surface area (Å²) in [5.41, 5.74) is 8.53. The molecule has 0 saturated heterocycles. The monoisotopic (exact) mass is 363 g/mol. The first-order valence-electron chi connectivity index (χ1n) is 8.26. The van der Waals surface area contributed by atoms with Crippen molar-refractivity contribution in [2.45, 2.75) is 6.17 Å². The van der Waals surface area contributed by atoms with Gasteiger partial charge in [0.25, 0.3) is 0 Å². The number of fused-ring (bicyclic) bond motifs is 1. The zero-order valence-corrected chi connectivity index (χ0v) is 14.5. The topological polar surface area (TPSA) is 101 Å². The molecule has 0 spiro atoms. The van der Waals surface area contributed by atoms with Crippen LogP contribution < -0.4 is 26.1 Å². The molecule has 0 radical (unpaired) electrons. The molecule has 3 aromatic rings. The Morgan fingerprint density at radius 3 is 2.70 bits per heavy atom. The van der Waals surface area contributed by atoms with Crippen molar-refractivity contribution in [2.75, 3.05) is 12.0 Å². The first-order valence-corrected chi connectivity index (χ1v) is 8.26. The van der Waals surface area contributed by atoms with Crippen LogP contribution in [-0.2, 0) is 0 Å². The standard InChI is InChI=1S/C20H17N3O4/c1-26-15-7-5-14(6-8-15)23-17(21)16-9-10-27-19(16)22-18(23)12-3-2-4-13(11-12)20(24)25/h2-11,18H,21H2,1H3,(H,24,25). The molecule has 0 amide bonds. The lowest BCUT2D eigenvalue weighted by Gasteiger charge is -2.33. The van der Waals surface area contributed by atoms with Crippen molar-refractivity contribution >= 4 is 17.5 Å². The van der Waals surface area contributed by atoms with Gasteiger partial charge in [-0.05, 0) is 48.0 Å². The van der Waals surface area contributed by atoms with Gasteiger partial charge in [-0.15, -0.1) is 0 Å². The van der Waals surface area contributed by atoms with E-state index in [0.29, 0.717) is 22.2 Å². The van der Waals surface area contributed by atoms with Crippen molar-refractivity contribution in [1.82, 2.24) is 0 Å². The summed E-state index contributed by atoms with van der Waals surface area (Å²) >= 11 is 0. The second-order valence-corrected chi connectivity index (χ2v) is 6.03. The molecular formula is C20H17N3O4. The highest BCUT2D eigenvalue weighted by Crippen LogP contribution is 2.33. The maximum absolute atomic E-state index is 11.4. The van der Waals surface area contributed by atoms with Crippen LogP contribution in [0, 0.1) is 0 Å². The Balaban J connectivity index is 1.89. The predicted molar refractivity (Wildman–Crippen MR) is 98.7 cm³/mol. The molecule has 0 bridgehead atoms. The van der Waals surface area contributed by atoms with Crippen molar-refractivity contribution in [1.29, 1.82) is 0 Å². The number of nitrogens with zero attached hydrogens (tertiary/aromatic N) is 2. The largest absolute Gasteiger partial charge is 0.497 e. The van der Waals surface area contributed by atoms with E-state index >= 15 is 0 Å². The minimum absolute atomic E-state index is 0.182. The summed E-state index contributed by atoms with van der Waals surface area (Å²) in [5, 5.41) is 10.0. The number of carboxylic acid groups (broad SMARTS) is 1. The van der Waals surface area contributed by atoms with E-state index in [1.165, 1.54) is 12.3 Å². The van der Waals surface area contributed by atoms with E-state index in [2.05, 4.69) is 4.99 Å². The van der Waals surface area contributed by atoms with Crippen molar-refractivity contribution < 1.29 is 19.1 Å². The average Bonchev–Trinajstić information content (AvgIpc) is 3.17. The normalized spacial score (nSPS) is 15.8. The minimum atomic E-state index is -1.00. The van der Waals surface area contributed by atoms with Crippen LogP contribution in [0.4, 0.5) is 5.69 Å². The Labute approximate surface area is 154 Å². The Kier molecular flexibility index (Phi) is 4.04. The molecule has 2 aromatic carbocycles. The highest BCUT2D eigenvalue weighted by molar-refractivity contribution is 5.87. The van der Waals surface area contributed by atoms with Gasteiger partial charge in [0, 0.05) is 5.69 Å². The summed E-state index contributed by atoms with van der Waals surface area (Å²) in [5.74, 6) is 0.198. The van der Waals surface area contributed by atoms with E-state index < -0.39 is 12.1 Å². The summed E-state index contributed by atoms with van der Waals surface area (Å²) in [7, 11) is 1.60. The Hall–Kier alpha value is -3.74. The molecule has 1 aliphatic rings. The maximum Gasteiger partial charge on any atom is 0.335 e. The molecule has 1 aromatic heterocycles. The quantitative estimate of drug-likeness (QED) is 0.734. The number of nitrogens with two attached hydrogens (primary N) is 1. The number of benzene rings is 2. The van der Waals surface area contributed by atoms with Gasteiger partial charge < -0.3 is 24.9 Å². The second kappa shape index (κ2) is 6.53. The van der Waals surface area contributed by atoms with Crippen LogP contribution in [0.1, 0.15) is 22.1 Å². The third-order valence-corrected chi connectivity index (χ3v) is 4.45. The summed E-state index contributed by atoms with van der Waals surface area (Å²) in [6.45, 7) is 0. The number of carboxylic acids is 1. The molecule has 0 saturated carbocycles. The molecule has 1 atom stereocenters. The summed E-state index contributed by atoms with van der Waals surface area (Å²) in [6.07, 6.45) is 0.972. The zero-order chi connectivity index (χ0) is 19.0. The van der Waals surface area contributed by atoms with E-state index in [1.54, 1.807) is 25.3 Å². The van der Waals surface area contributed by atoms with E-state index in [9.17, 15) is 9.90 Å². The number of rotatable bonds is 4. The fourth-order valence-electron chi connectivity index (χ4n) is 3.11. The molecule has 3 N–H and O–H groups in total. The number of hydrogen-bond acceptors (Lipinski definition) is 6. The van der Waals surface area contributed by atoms with Crippen LogP contribution in [0.15, 0.2) is 70.3 Å². The van der Waals surface area contributed by atoms with Gasteiger partial charge in [0.1, 0.15) is 11.6 Å². The number of anilines is 1. The molecule has 7 heteroatoms. The van der Waals surface area contributed by atoms with E-state index in [4.69, 9.17) is 14.9 Å². The first kappa shape index (κ1) is 16.7. The number of methoxy groups -OCH3 is 1. The zero-order valence-electron chi connectivity index (χ0n) is 14.5. The smallest absolute Gasteiger partial charge is 0.335 e. The minimum Gasteiger partial charge on any atom is -0.497 e. The molecule has 0 aliphatic carbocycles. The van der Waals surface area contributed by atoms with Crippen LogP contribution in [0.5, 0.6) is 5.75 Å². The average molecular weight is 363 g/mol. The van der Waals surface area contributed by atoms with Gasteiger partial charge in [-0.25, -0.2) is 9.79 Å². The first-order chi connectivity index (χ1) is 13.1. The number of carbonyl (C=O) groups is 1. The van der Waals surface area contributed by atoms with E-state index in [0.717, 1.165) is 11.4 Å². The summed E-state index contributed by atoms with van der Waals surface area (Å²) in [6, 6.07) is 15.8. The molecular weight excluding hydrogens is 346 g/mol. The van der Waals surface area contributed by atoms with Crippen LogP contribution in [0.2, 0.25) is 0 Å². The number of hydrogen-bond donors (Lipinski definition) is 2. The molecule has 4 rings (SSSR count). The second-order valence-electron chi connectivity index (χ2n) is 6.03. The highest BCUT2D eigenvalue weighted by atomic mass is 16.5. The van der Waals surface area contributed by atoms with Crippen molar-refractivity contribution in [3.05, 3.63) is 82.8 Å². The van der Waals surface area contributed by atoms with Crippen molar-refractivity contribution in [3.8, 4) is 5.75 Å². The molecule has 1 aliphatic heterocycles. The highest BCUT2D eigenvalue weighted by Gasteiger charge is 2.27. The van der Waals surface area contributed by atoms with Crippen LogP contribution in [-0.4, -0.2) is 18.2 Å². The van der Waals surface area contributed by atoms with Crippen molar-refractivity contribution in [2.24, 2.45) is 10.7 Å². The van der Waals surface area contributed by atoms with E-state index in [-0.39, 0.29) is 5.56 Å². The van der Waals surface area contributed by atoms with Crippen LogP contribution in [0.25, 0.3) is 5.82 Å². The fourth-order valence-corrected chi connectivity index (χ4v) is 3.11. The summed E-state index contributed by atoms with van der Waals surface area (Å²) in [4.78, 5) is 17.9. The number of aromatic carboxylic acids is 1. The van der Waals surface area contributed by atoms with Gasteiger partial charge in [-0.2, -0.15) is 0 Å². The van der Waals surface area contributed by atoms with Crippen LogP contribution in [0.3, 0.4) is 0 Å². The molecule has 0 fully saturated rings. The van der Waals surface area contributed by atoms with Gasteiger partial charge in [0.05, 0.1) is 24.2 Å². The molecule has 2 heterocycles. The number of ether oxygens (including phenoxy) is 1. The lowest BCUT2D eigenvalue weighted by atomic mass is 10.1. The molecule has 136 valence electrons. The molecule has 27 heavy (non-hydrogen) atoms. The van der Waals surface area contributed by atoms with Crippen molar-refractivity contribution in [3.63, 3.8) is 0 Å². The number of furan rings is 1. The Bertz CT molecular complexity index is 1120. The Morgan fingerprint density at radius 1 is 1.22 bits per heavy atom. The SMILES string of the molecule is COc1ccc(N2C(N)=c3ccoc3=NC2c2cccc(C(=O)O)c2)cc1. The lowest BCUT2D eigenvalue weighted by Crippen LogP contribution is -2.43. The van der Waals surface area contributed by atoms with Gasteiger partial charge >= 0.3 is 5.97 Å². The maximum atomic E-state index is 11.4. The predicted octanol–water partition coefficient (Wildman–Crippen LogP) is 1.85. The van der Waals surface area contributed by atoms with Gasteiger partial charge in [0.2, 0.25) is 5.55 Å². The van der Waals surface area contributed by atoms with Gasteiger partial charge in [0.15, 0.2) is 6.17 Å². The molecule has 1 unspecified atom stereocenters. The van der Waals surface area contributed by atoms with Gasteiger partial charge in [-0.3, -0.25) is 0 Å². The van der Waals surface area contributed by atoms with Gasteiger partial charge in [-0.1, -0.05) is 12.1 Å². The van der Waals surface area contributed by atoms with Crippen LogP contribution >= 0.6 is 0 Å². The molecule has 7 nitrogen and oxygen atoms in total. The lowest BCUT2D eigenvalue weighted by molar-refractivity contribution is 0.0696. The van der Waals surface area contributed by atoms with E-state index in [1.807, 2.05) is 35.2 Å². The fraction of sp³-hybridized carbons (Fsp3) is 0.100. The third kappa shape index (κ3) is 2.89. The Morgan fingerprint density at radius 2 is 2.00 bits per heavy atom. The summed E-state index contributed by atoms with van der Waals surface area (Å²) < 4.78 is 10.7.